The van der Waals surface area contributed by atoms with E-state index in [9.17, 15) is 9.59 Å². The van der Waals surface area contributed by atoms with Crippen molar-refractivity contribution in [2.45, 2.75) is 25.9 Å². The Bertz CT molecular complexity index is 1160. The van der Waals surface area contributed by atoms with Gasteiger partial charge in [-0.1, -0.05) is 6.07 Å². The van der Waals surface area contributed by atoms with E-state index in [1.165, 1.54) is 13.1 Å². The van der Waals surface area contributed by atoms with Crippen molar-refractivity contribution in [3.05, 3.63) is 55.1 Å². The number of hydrogen-bond acceptors (Lipinski definition) is 6. The van der Waals surface area contributed by atoms with Crippen molar-refractivity contribution >= 4 is 23.4 Å². The van der Waals surface area contributed by atoms with E-state index in [-0.39, 0.29) is 18.0 Å². The second-order valence-corrected chi connectivity index (χ2v) is 8.01. The Morgan fingerprint density at radius 3 is 2.66 bits per heavy atom. The SMILES string of the molecule is CC(=O)N1c2ccc(-c3cnn(C4COC4)c3)cc2N(C(=O)Oc2cccnc2)CC1C. The number of benzene rings is 1. The van der Waals surface area contributed by atoms with Gasteiger partial charge in [-0.05, 0) is 36.8 Å². The molecular weight excluding hydrogens is 410 g/mol. The molecule has 0 spiro atoms. The molecule has 0 saturated carbocycles. The van der Waals surface area contributed by atoms with Crippen LogP contribution >= 0.6 is 0 Å². The number of rotatable bonds is 3. The minimum absolute atomic E-state index is 0.0791. The Hall–Kier alpha value is -3.72. The largest absolute Gasteiger partial charge is 0.419 e. The first-order valence-electron chi connectivity index (χ1n) is 10.5. The van der Waals surface area contributed by atoms with Gasteiger partial charge in [0.25, 0.3) is 0 Å². The summed E-state index contributed by atoms with van der Waals surface area (Å²) in [6.45, 7) is 5.07. The molecule has 4 heterocycles. The highest BCUT2D eigenvalue weighted by molar-refractivity contribution is 6.03. The maximum Gasteiger partial charge on any atom is 0.419 e. The van der Waals surface area contributed by atoms with Crippen LogP contribution in [0.2, 0.25) is 0 Å². The van der Waals surface area contributed by atoms with E-state index < -0.39 is 6.09 Å². The summed E-state index contributed by atoms with van der Waals surface area (Å²) in [5, 5.41) is 4.45. The minimum Gasteiger partial charge on any atom is -0.408 e. The zero-order valence-corrected chi connectivity index (χ0v) is 17.8. The Balaban J connectivity index is 1.51. The summed E-state index contributed by atoms with van der Waals surface area (Å²) in [7, 11) is 0. The molecule has 32 heavy (non-hydrogen) atoms. The Morgan fingerprint density at radius 1 is 1.12 bits per heavy atom. The van der Waals surface area contributed by atoms with Gasteiger partial charge in [-0.3, -0.25) is 19.4 Å². The van der Waals surface area contributed by atoms with Gasteiger partial charge in [0.2, 0.25) is 5.91 Å². The lowest BCUT2D eigenvalue weighted by molar-refractivity contribution is -0.117. The molecule has 0 radical (unpaired) electrons. The number of fused-ring (bicyclic) bond motifs is 1. The van der Waals surface area contributed by atoms with E-state index in [0.717, 1.165) is 11.1 Å². The molecule has 2 amide bonds. The number of aromatic nitrogens is 3. The van der Waals surface area contributed by atoms with E-state index in [0.29, 0.717) is 36.9 Å². The molecule has 9 nitrogen and oxygen atoms in total. The van der Waals surface area contributed by atoms with Gasteiger partial charge in [0.1, 0.15) is 0 Å². The van der Waals surface area contributed by atoms with Crippen molar-refractivity contribution in [3.8, 4) is 16.9 Å². The van der Waals surface area contributed by atoms with Crippen LogP contribution < -0.4 is 14.5 Å². The summed E-state index contributed by atoms with van der Waals surface area (Å²) >= 11 is 0. The van der Waals surface area contributed by atoms with E-state index in [2.05, 4.69) is 10.1 Å². The number of nitrogens with zero attached hydrogens (tertiary/aromatic N) is 5. The molecule has 1 fully saturated rings. The van der Waals surface area contributed by atoms with Crippen LogP contribution in [-0.2, 0) is 9.53 Å². The summed E-state index contributed by atoms with van der Waals surface area (Å²) in [6.07, 6.45) is 6.35. The highest BCUT2D eigenvalue weighted by Crippen LogP contribution is 2.39. The van der Waals surface area contributed by atoms with Gasteiger partial charge in [0, 0.05) is 31.4 Å². The van der Waals surface area contributed by atoms with Gasteiger partial charge in [0.05, 0.1) is 49.1 Å². The Labute approximate surface area is 185 Å². The Morgan fingerprint density at radius 2 is 1.97 bits per heavy atom. The first-order valence-corrected chi connectivity index (χ1v) is 10.5. The standard InChI is InChI=1S/C23H23N5O4/c1-15-11-26(23(30)32-20-4-3-7-24-10-20)22-8-17(5-6-21(22)28(15)16(2)29)18-9-25-27(12-18)19-13-31-14-19/h3-10,12,15,19H,11,13-14H2,1-2H3. The van der Waals surface area contributed by atoms with Crippen molar-refractivity contribution in [2.24, 2.45) is 0 Å². The number of pyridine rings is 1. The molecule has 3 aromatic rings. The first kappa shape index (κ1) is 20.2. The van der Waals surface area contributed by atoms with Gasteiger partial charge in [-0.25, -0.2) is 4.79 Å². The molecular formula is C23H23N5O4. The van der Waals surface area contributed by atoms with Crippen LogP contribution in [0.3, 0.4) is 0 Å². The minimum atomic E-state index is -0.520. The summed E-state index contributed by atoms with van der Waals surface area (Å²) < 4.78 is 12.7. The zero-order valence-electron chi connectivity index (χ0n) is 17.8. The number of ether oxygens (including phenoxy) is 2. The maximum absolute atomic E-state index is 13.1. The molecule has 1 atom stereocenters. The molecule has 1 unspecified atom stereocenters. The number of carbonyl (C=O) groups excluding carboxylic acids is 2. The van der Waals surface area contributed by atoms with Crippen molar-refractivity contribution in [3.63, 3.8) is 0 Å². The molecule has 9 heteroatoms. The molecule has 2 aliphatic heterocycles. The van der Waals surface area contributed by atoms with Crippen LogP contribution in [0.15, 0.2) is 55.1 Å². The molecule has 1 saturated heterocycles. The lowest BCUT2D eigenvalue weighted by atomic mass is 10.0. The van der Waals surface area contributed by atoms with Crippen molar-refractivity contribution in [1.29, 1.82) is 0 Å². The molecule has 2 aromatic heterocycles. The fourth-order valence-corrected chi connectivity index (χ4v) is 4.08. The van der Waals surface area contributed by atoms with Gasteiger partial charge in [-0.2, -0.15) is 5.10 Å². The fourth-order valence-electron chi connectivity index (χ4n) is 4.08. The predicted octanol–water partition coefficient (Wildman–Crippen LogP) is 3.28. The fraction of sp³-hybridized carbons (Fsp3) is 0.304. The third kappa shape index (κ3) is 3.60. The van der Waals surface area contributed by atoms with Crippen molar-refractivity contribution in [2.75, 3.05) is 29.6 Å². The van der Waals surface area contributed by atoms with Gasteiger partial charge in [-0.15, -0.1) is 0 Å². The summed E-state index contributed by atoms with van der Waals surface area (Å²) in [6, 6.07) is 9.15. The number of carbonyl (C=O) groups is 2. The van der Waals surface area contributed by atoms with Crippen LogP contribution in [0.5, 0.6) is 5.75 Å². The molecule has 0 aliphatic carbocycles. The molecule has 1 aromatic carbocycles. The van der Waals surface area contributed by atoms with E-state index in [1.807, 2.05) is 36.0 Å². The van der Waals surface area contributed by atoms with Gasteiger partial charge in [0.15, 0.2) is 5.75 Å². The molecule has 0 N–H and O–H groups in total. The number of amides is 2. The smallest absolute Gasteiger partial charge is 0.408 e. The Kier molecular flexibility index (Phi) is 5.10. The molecule has 0 bridgehead atoms. The average Bonchev–Trinajstić information content (AvgIpc) is 3.21. The average molecular weight is 433 g/mol. The lowest BCUT2D eigenvalue weighted by Gasteiger charge is -2.40. The maximum atomic E-state index is 13.1. The third-order valence-electron chi connectivity index (χ3n) is 5.74. The van der Waals surface area contributed by atoms with Crippen molar-refractivity contribution < 1.29 is 19.1 Å². The van der Waals surface area contributed by atoms with E-state index >= 15 is 0 Å². The summed E-state index contributed by atoms with van der Waals surface area (Å²) in [5.41, 5.74) is 3.10. The van der Waals surface area contributed by atoms with Crippen LogP contribution in [0.4, 0.5) is 16.2 Å². The second-order valence-electron chi connectivity index (χ2n) is 8.01. The molecule has 5 rings (SSSR count). The molecule has 164 valence electrons. The first-order chi connectivity index (χ1) is 15.5. The van der Waals surface area contributed by atoms with Crippen LogP contribution in [0.25, 0.3) is 11.1 Å². The predicted molar refractivity (Wildman–Crippen MR) is 118 cm³/mol. The highest BCUT2D eigenvalue weighted by atomic mass is 16.6. The van der Waals surface area contributed by atoms with Gasteiger partial charge >= 0.3 is 6.09 Å². The summed E-state index contributed by atoms with van der Waals surface area (Å²) in [4.78, 5) is 32.7. The monoisotopic (exact) mass is 433 g/mol. The highest BCUT2D eigenvalue weighted by Gasteiger charge is 2.35. The normalized spacial score (nSPS) is 18.1. The number of anilines is 2. The van der Waals surface area contributed by atoms with E-state index in [1.54, 1.807) is 34.3 Å². The topological polar surface area (TPSA) is 89.8 Å². The molecule has 2 aliphatic rings. The quantitative estimate of drug-likeness (QED) is 0.630. The van der Waals surface area contributed by atoms with Crippen LogP contribution in [0, 0.1) is 0 Å². The second kappa shape index (κ2) is 8.08. The lowest BCUT2D eigenvalue weighted by Crippen LogP contribution is -2.52. The van der Waals surface area contributed by atoms with Crippen molar-refractivity contribution in [1.82, 2.24) is 14.8 Å². The number of hydrogen-bond donors (Lipinski definition) is 0. The zero-order chi connectivity index (χ0) is 22.2. The van der Waals surface area contributed by atoms with Gasteiger partial charge < -0.3 is 14.4 Å². The van der Waals surface area contributed by atoms with Crippen LogP contribution in [0.1, 0.15) is 19.9 Å². The summed E-state index contributed by atoms with van der Waals surface area (Å²) in [5.74, 6) is 0.283. The van der Waals surface area contributed by atoms with E-state index in [4.69, 9.17) is 9.47 Å². The van der Waals surface area contributed by atoms with Crippen LogP contribution in [-0.4, -0.2) is 52.6 Å². The third-order valence-corrected chi connectivity index (χ3v) is 5.74.